The Hall–Kier alpha value is -2.37. The summed E-state index contributed by atoms with van der Waals surface area (Å²) in [5, 5.41) is 2.94. The number of benzene rings is 2. The summed E-state index contributed by atoms with van der Waals surface area (Å²) in [4.78, 5) is 16.6. The molecule has 3 rings (SSSR count). The van der Waals surface area contributed by atoms with Crippen LogP contribution in [0.15, 0.2) is 48.5 Å². The van der Waals surface area contributed by atoms with E-state index in [-0.39, 0.29) is 12.0 Å². The molecule has 25 heavy (non-hydrogen) atoms. The molecule has 0 spiro atoms. The molecule has 1 aliphatic heterocycles. The maximum absolute atomic E-state index is 12.4. The van der Waals surface area contributed by atoms with Crippen LogP contribution in [-0.4, -0.2) is 51.6 Å². The van der Waals surface area contributed by atoms with E-state index in [0.717, 1.165) is 36.6 Å². The van der Waals surface area contributed by atoms with Crippen molar-refractivity contribution in [2.24, 2.45) is 0 Å². The lowest BCUT2D eigenvalue weighted by Crippen LogP contribution is -2.35. The normalized spacial score (nSPS) is 18.0. The summed E-state index contributed by atoms with van der Waals surface area (Å²) in [6, 6.07) is 15.5. The third-order valence-electron chi connectivity index (χ3n) is 4.46. The van der Waals surface area contributed by atoms with Gasteiger partial charge in [0, 0.05) is 44.1 Å². The van der Waals surface area contributed by atoms with E-state index in [1.54, 1.807) is 0 Å². The van der Waals surface area contributed by atoms with Crippen molar-refractivity contribution in [2.75, 3.05) is 51.1 Å². The van der Waals surface area contributed by atoms with Crippen molar-refractivity contribution >= 4 is 17.3 Å². The number of amides is 1. The fourth-order valence-corrected chi connectivity index (χ4v) is 2.87. The van der Waals surface area contributed by atoms with E-state index in [0.29, 0.717) is 5.56 Å². The van der Waals surface area contributed by atoms with Crippen LogP contribution in [0, 0.1) is 0 Å². The van der Waals surface area contributed by atoms with Crippen molar-refractivity contribution in [3.63, 3.8) is 0 Å². The maximum atomic E-state index is 12.4. The van der Waals surface area contributed by atoms with Gasteiger partial charge in [-0.05, 0) is 49.0 Å². The minimum Gasteiger partial charge on any atom is -0.378 e. The van der Waals surface area contributed by atoms with Crippen LogP contribution in [-0.2, 0) is 4.74 Å². The summed E-state index contributed by atoms with van der Waals surface area (Å²) in [5.74, 6) is -0.105. The summed E-state index contributed by atoms with van der Waals surface area (Å²) >= 11 is 0. The molecule has 1 amide bonds. The van der Waals surface area contributed by atoms with Gasteiger partial charge >= 0.3 is 0 Å². The predicted octanol–water partition coefficient (Wildman–Crippen LogP) is 3.01. The molecule has 2 aromatic rings. The van der Waals surface area contributed by atoms with Crippen LogP contribution in [0.3, 0.4) is 0 Å². The highest BCUT2D eigenvalue weighted by atomic mass is 16.5. The molecule has 0 bridgehead atoms. The van der Waals surface area contributed by atoms with Crippen LogP contribution in [0.4, 0.5) is 11.4 Å². The van der Waals surface area contributed by atoms with E-state index in [4.69, 9.17) is 4.74 Å². The fraction of sp³-hybridized carbons (Fsp3) is 0.350. The molecule has 1 saturated heterocycles. The van der Waals surface area contributed by atoms with Crippen molar-refractivity contribution in [1.82, 2.24) is 4.90 Å². The van der Waals surface area contributed by atoms with E-state index in [9.17, 15) is 4.79 Å². The van der Waals surface area contributed by atoms with E-state index < -0.39 is 0 Å². The van der Waals surface area contributed by atoms with Gasteiger partial charge in [0.05, 0.1) is 12.7 Å². The third-order valence-corrected chi connectivity index (χ3v) is 4.46. The number of likely N-dealkylation sites (N-methyl/N-ethyl adjacent to an activating group) is 1. The van der Waals surface area contributed by atoms with Crippen LogP contribution in [0.1, 0.15) is 22.0 Å². The van der Waals surface area contributed by atoms with Crippen molar-refractivity contribution in [3.8, 4) is 0 Å². The van der Waals surface area contributed by atoms with Gasteiger partial charge in [-0.1, -0.05) is 12.1 Å². The lowest BCUT2D eigenvalue weighted by molar-refractivity contribution is -0.0208. The Balaban J connectivity index is 1.63. The van der Waals surface area contributed by atoms with Gasteiger partial charge in [-0.2, -0.15) is 0 Å². The molecule has 1 fully saturated rings. The first-order valence-corrected chi connectivity index (χ1v) is 8.52. The first-order chi connectivity index (χ1) is 12.0. The minimum atomic E-state index is -0.105. The van der Waals surface area contributed by atoms with Crippen molar-refractivity contribution < 1.29 is 9.53 Å². The van der Waals surface area contributed by atoms with Crippen molar-refractivity contribution in [2.45, 2.75) is 6.10 Å². The molecule has 1 heterocycles. The number of hydrogen-bond donors (Lipinski definition) is 1. The van der Waals surface area contributed by atoms with Gasteiger partial charge in [0.1, 0.15) is 0 Å². The Kier molecular flexibility index (Phi) is 5.36. The van der Waals surface area contributed by atoms with Gasteiger partial charge in [-0.3, -0.25) is 4.79 Å². The highest BCUT2D eigenvalue weighted by Gasteiger charge is 2.19. The minimum absolute atomic E-state index is 0.0991. The molecule has 1 aliphatic rings. The topological polar surface area (TPSA) is 44.8 Å². The molecule has 0 aliphatic carbocycles. The molecular weight excluding hydrogens is 314 g/mol. The summed E-state index contributed by atoms with van der Waals surface area (Å²) < 4.78 is 5.82. The van der Waals surface area contributed by atoms with E-state index in [1.165, 1.54) is 0 Å². The van der Waals surface area contributed by atoms with Crippen LogP contribution in [0.25, 0.3) is 0 Å². The largest absolute Gasteiger partial charge is 0.378 e. The molecule has 1 N–H and O–H groups in total. The van der Waals surface area contributed by atoms with E-state index in [2.05, 4.69) is 17.3 Å². The molecule has 0 radical (unpaired) electrons. The van der Waals surface area contributed by atoms with Gasteiger partial charge < -0.3 is 19.9 Å². The second-order valence-electron chi connectivity index (χ2n) is 6.64. The Bertz CT molecular complexity index is 711. The monoisotopic (exact) mass is 339 g/mol. The summed E-state index contributed by atoms with van der Waals surface area (Å²) in [7, 11) is 6.06. The Morgan fingerprint density at radius 2 is 1.80 bits per heavy atom. The zero-order chi connectivity index (χ0) is 17.8. The molecule has 5 heteroatoms. The molecule has 0 aromatic heterocycles. The molecule has 1 unspecified atom stereocenters. The number of carbonyl (C=O) groups excluding carboxylic acids is 1. The Labute approximate surface area is 149 Å². The zero-order valence-corrected chi connectivity index (χ0v) is 15.0. The van der Waals surface area contributed by atoms with Gasteiger partial charge in [-0.25, -0.2) is 0 Å². The number of carbonyl (C=O) groups is 1. The van der Waals surface area contributed by atoms with Crippen LogP contribution in [0.5, 0.6) is 0 Å². The first-order valence-electron chi connectivity index (χ1n) is 8.52. The molecule has 1 atom stereocenters. The molecule has 132 valence electrons. The summed E-state index contributed by atoms with van der Waals surface area (Å²) in [6.07, 6.45) is 0.0991. The molecular formula is C20H25N3O2. The molecule has 0 saturated carbocycles. The average Bonchev–Trinajstić information content (AvgIpc) is 2.62. The van der Waals surface area contributed by atoms with E-state index >= 15 is 0 Å². The average molecular weight is 339 g/mol. The van der Waals surface area contributed by atoms with Crippen molar-refractivity contribution in [1.29, 1.82) is 0 Å². The van der Waals surface area contributed by atoms with Crippen LogP contribution >= 0.6 is 0 Å². The number of rotatable bonds is 4. The number of nitrogens with one attached hydrogen (secondary N) is 1. The number of anilines is 2. The fourth-order valence-electron chi connectivity index (χ4n) is 2.87. The second kappa shape index (κ2) is 7.68. The lowest BCUT2D eigenvalue weighted by Gasteiger charge is -2.30. The number of hydrogen-bond acceptors (Lipinski definition) is 4. The number of ether oxygens (including phenoxy) is 1. The second-order valence-corrected chi connectivity index (χ2v) is 6.64. The molecule has 5 nitrogen and oxygen atoms in total. The summed E-state index contributed by atoms with van der Waals surface area (Å²) in [6.45, 7) is 2.61. The quantitative estimate of drug-likeness (QED) is 0.930. The number of morpholine rings is 1. The smallest absolute Gasteiger partial charge is 0.255 e. The Morgan fingerprint density at radius 1 is 1.12 bits per heavy atom. The van der Waals surface area contributed by atoms with Crippen LogP contribution in [0.2, 0.25) is 0 Å². The third kappa shape index (κ3) is 4.38. The molecule has 2 aromatic carbocycles. The van der Waals surface area contributed by atoms with Gasteiger partial charge in [0.15, 0.2) is 0 Å². The zero-order valence-electron chi connectivity index (χ0n) is 15.0. The maximum Gasteiger partial charge on any atom is 0.255 e. The van der Waals surface area contributed by atoms with Crippen LogP contribution < -0.4 is 10.2 Å². The Morgan fingerprint density at radius 3 is 2.40 bits per heavy atom. The highest BCUT2D eigenvalue weighted by Crippen LogP contribution is 2.23. The highest BCUT2D eigenvalue weighted by molar-refractivity contribution is 6.04. The first kappa shape index (κ1) is 17.5. The van der Waals surface area contributed by atoms with E-state index in [1.807, 2.05) is 67.5 Å². The SMILES string of the molecule is CN1CCOC(c2ccc(NC(=O)c3ccc(N(C)C)cc3)cc2)C1. The standard InChI is InChI=1S/C20H25N3O2/c1-22(2)18-10-6-16(7-11-18)20(24)21-17-8-4-15(5-9-17)19-14-23(3)12-13-25-19/h4-11,19H,12-14H2,1-3H3,(H,21,24). The number of nitrogens with zero attached hydrogens (tertiary/aromatic N) is 2. The predicted molar refractivity (Wildman–Crippen MR) is 101 cm³/mol. The van der Waals surface area contributed by atoms with Gasteiger partial charge in [0.25, 0.3) is 5.91 Å². The summed E-state index contributed by atoms with van der Waals surface area (Å²) in [5.41, 5.74) is 3.64. The van der Waals surface area contributed by atoms with Crippen molar-refractivity contribution in [3.05, 3.63) is 59.7 Å². The van der Waals surface area contributed by atoms with Gasteiger partial charge in [-0.15, -0.1) is 0 Å². The van der Waals surface area contributed by atoms with Gasteiger partial charge in [0.2, 0.25) is 0 Å². The lowest BCUT2D eigenvalue weighted by atomic mass is 10.1.